The minimum atomic E-state index is -0.335. The van der Waals surface area contributed by atoms with E-state index in [0.717, 1.165) is 25.7 Å². The van der Waals surface area contributed by atoms with Crippen molar-refractivity contribution in [2.75, 3.05) is 0 Å². The number of amides is 2. The Morgan fingerprint density at radius 1 is 1.00 bits per heavy atom. The summed E-state index contributed by atoms with van der Waals surface area (Å²) in [6.45, 7) is 3.70. The van der Waals surface area contributed by atoms with Crippen molar-refractivity contribution in [3.8, 4) is 0 Å². The molecule has 2 N–H and O–H groups in total. The number of pyridine rings is 1. The van der Waals surface area contributed by atoms with Crippen LogP contribution >= 0.6 is 0 Å². The van der Waals surface area contributed by atoms with Gasteiger partial charge < -0.3 is 0 Å². The number of aromatic nitrogens is 1. The third kappa shape index (κ3) is 8.19. The van der Waals surface area contributed by atoms with Crippen LogP contribution in [0.2, 0.25) is 0 Å². The molecule has 5 heteroatoms. The molecule has 0 aliphatic carbocycles. The SMILES string of the molecule is C=CCCCCCCCCC(=O)NNC(=O)c1ccncc1. The molecular formula is C17H25N3O2. The second kappa shape index (κ2) is 11.5. The smallest absolute Gasteiger partial charge is 0.269 e. The molecule has 22 heavy (non-hydrogen) atoms. The van der Waals surface area contributed by atoms with Gasteiger partial charge in [0.1, 0.15) is 0 Å². The Kier molecular flexibility index (Phi) is 9.33. The lowest BCUT2D eigenvalue weighted by Crippen LogP contribution is -2.41. The van der Waals surface area contributed by atoms with Gasteiger partial charge in [-0.15, -0.1) is 6.58 Å². The predicted molar refractivity (Wildman–Crippen MR) is 87.0 cm³/mol. The molecule has 1 aromatic rings. The van der Waals surface area contributed by atoms with Crippen molar-refractivity contribution >= 4 is 11.8 Å². The van der Waals surface area contributed by atoms with E-state index < -0.39 is 0 Å². The summed E-state index contributed by atoms with van der Waals surface area (Å²) >= 11 is 0. The maximum atomic E-state index is 11.7. The average Bonchev–Trinajstić information content (AvgIpc) is 2.56. The summed E-state index contributed by atoms with van der Waals surface area (Å²) in [6, 6.07) is 3.18. The van der Waals surface area contributed by atoms with E-state index in [2.05, 4.69) is 22.4 Å². The van der Waals surface area contributed by atoms with Gasteiger partial charge in [0.05, 0.1) is 0 Å². The van der Waals surface area contributed by atoms with Crippen LogP contribution in [0.25, 0.3) is 0 Å². The number of nitrogens with one attached hydrogen (secondary N) is 2. The van der Waals surface area contributed by atoms with Crippen LogP contribution in [0.1, 0.15) is 61.7 Å². The summed E-state index contributed by atoms with van der Waals surface area (Å²) < 4.78 is 0. The van der Waals surface area contributed by atoms with Crippen molar-refractivity contribution in [1.29, 1.82) is 0 Å². The third-order valence-corrected chi connectivity index (χ3v) is 3.32. The van der Waals surface area contributed by atoms with Gasteiger partial charge in [0.15, 0.2) is 0 Å². The van der Waals surface area contributed by atoms with E-state index in [9.17, 15) is 9.59 Å². The lowest BCUT2D eigenvalue weighted by Gasteiger charge is -2.07. The summed E-state index contributed by atoms with van der Waals surface area (Å²) in [5, 5.41) is 0. The average molecular weight is 303 g/mol. The Labute approximate surface area is 132 Å². The number of carbonyl (C=O) groups is 2. The van der Waals surface area contributed by atoms with Crippen molar-refractivity contribution in [2.24, 2.45) is 0 Å². The van der Waals surface area contributed by atoms with Gasteiger partial charge in [-0.1, -0.05) is 31.8 Å². The fourth-order valence-corrected chi connectivity index (χ4v) is 2.05. The molecule has 1 heterocycles. The quantitative estimate of drug-likeness (QED) is 0.396. The summed E-state index contributed by atoms with van der Waals surface area (Å²) in [6.07, 6.45) is 13.2. The molecular weight excluding hydrogens is 278 g/mol. The Morgan fingerprint density at radius 2 is 1.64 bits per heavy atom. The van der Waals surface area contributed by atoms with Crippen LogP contribution in [-0.4, -0.2) is 16.8 Å². The molecule has 0 fully saturated rings. The number of hydrogen-bond acceptors (Lipinski definition) is 3. The van der Waals surface area contributed by atoms with Crippen LogP contribution in [-0.2, 0) is 4.79 Å². The van der Waals surface area contributed by atoms with Crippen LogP contribution in [0.15, 0.2) is 37.2 Å². The molecule has 0 spiro atoms. The van der Waals surface area contributed by atoms with E-state index in [0.29, 0.717) is 12.0 Å². The number of hydrazine groups is 1. The van der Waals surface area contributed by atoms with Gasteiger partial charge in [-0.25, -0.2) is 0 Å². The fourth-order valence-electron chi connectivity index (χ4n) is 2.05. The second-order valence-electron chi connectivity index (χ2n) is 5.19. The topological polar surface area (TPSA) is 71.1 Å². The molecule has 0 aromatic carbocycles. The van der Waals surface area contributed by atoms with Crippen molar-refractivity contribution in [1.82, 2.24) is 15.8 Å². The molecule has 0 aliphatic rings. The molecule has 2 amide bonds. The van der Waals surface area contributed by atoms with E-state index in [1.807, 2.05) is 6.08 Å². The maximum Gasteiger partial charge on any atom is 0.269 e. The Morgan fingerprint density at radius 3 is 2.32 bits per heavy atom. The van der Waals surface area contributed by atoms with Gasteiger partial charge in [-0.05, 0) is 31.4 Å². The van der Waals surface area contributed by atoms with E-state index in [-0.39, 0.29) is 11.8 Å². The summed E-state index contributed by atoms with van der Waals surface area (Å²) in [4.78, 5) is 27.1. The molecule has 0 saturated heterocycles. The van der Waals surface area contributed by atoms with E-state index in [1.165, 1.54) is 31.7 Å². The van der Waals surface area contributed by atoms with Crippen LogP contribution in [0.5, 0.6) is 0 Å². The van der Waals surface area contributed by atoms with Crippen LogP contribution in [0, 0.1) is 0 Å². The van der Waals surface area contributed by atoms with E-state index >= 15 is 0 Å². The van der Waals surface area contributed by atoms with E-state index in [1.54, 1.807) is 12.1 Å². The fraction of sp³-hybridized carbons (Fsp3) is 0.471. The van der Waals surface area contributed by atoms with Crippen molar-refractivity contribution in [3.63, 3.8) is 0 Å². The molecule has 0 aliphatic heterocycles. The first kappa shape index (κ1) is 17.9. The molecule has 5 nitrogen and oxygen atoms in total. The highest BCUT2D eigenvalue weighted by molar-refractivity contribution is 5.95. The molecule has 0 radical (unpaired) electrons. The highest BCUT2D eigenvalue weighted by Crippen LogP contribution is 2.08. The van der Waals surface area contributed by atoms with Crippen LogP contribution in [0.3, 0.4) is 0 Å². The van der Waals surface area contributed by atoms with Gasteiger partial charge in [0.25, 0.3) is 5.91 Å². The number of hydrogen-bond donors (Lipinski definition) is 2. The van der Waals surface area contributed by atoms with Crippen molar-refractivity contribution < 1.29 is 9.59 Å². The number of allylic oxidation sites excluding steroid dienone is 1. The normalized spacial score (nSPS) is 10.0. The summed E-state index contributed by atoms with van der Waals surface area (Å²) in [5.74, 6) is -0.493. The monoisotopic (exact) mass is 303 g/mol. The minimum Gasteiger partial charge on any atom is -0.273 e. The molecule has 0 atom stereocenters. The molecule has 1 rings (SSSR count). The lowest BCUT2D eigenvalue weighted by atomic mass is 10.1. The highest BCUT2D eigenvalue weighted by atomic mass is 16.2. The minimum absolute atomic E-state index is 0.158. The number of unbranched alkanes of at least 4 members (excludes halogenated alkanes) is 6. The zero-order valence-corrected chi connectivity index (χ0v) is 13.0. The van der Waals surface area contributed by atoms with Gasteiger partial charge >= 0.3 is 0 Å². The number of carbonyl (C=O) groups excluding carboxylic acids is 2. The van der Waals surface area contributed by atoms with Crippen LogP contribution < -0.4 is 10.9 Å². The van der Waals surface area contributed by atoms with E-state index in [4.69, 9.17) is 0 Å². The van der Waals surface area contributed by atoms with Crippen molar-refractivity contribution in [3.05, 3.63) is 42.7 Å². The zero-order chi connectivity index (χ0) is 16.0. The first-order valence-electron chi connectivity index (χ1n) is 7.84. The third-order valence-electron chi connectivity index (χ3n) is 3.32. The highest BCUT2D eigenvalue weighted by Gasteiger charge is 2.06. The molecule has 1 aromatic heterocycles. The zero-order valence-electron chi connectivity index (χ0n) is 13.0. The summed E-state index contributed by atoms with van der Waals surface area (Å²) in [5.41, 5.74) is 5.30. The summed E-state index contributed by atoms with van der Waals surface area (Å²) in [7, 11) is 0. The van der Waals surface area contributed by atoms with Gasteiger partial charge in [-0.3, -0.25) is 25.4 Å². The largest absolute Gasteiger partial charge is 0.273 e. The molecule has 0 unspecified atom stereocenters. The standard InChI is InChI=1S/C17H25N3O2/c1-2-3-4-5-6-7-8-9-10-16(21)19-20-17(22)15-11-13-18-14-12-15/h2,11-14H,1,3-10H2,(H,19,21)(H,20,22). The first-order valence-corrected chi connectivity index (χ1v) is 7.84. The van der Waals surface area contributed by atoms with Crippen LogP contribution in [0.4, 0.5) is 0 Å². The molecule has 120 valence electrons. The predicted octanol–water partition coefficient (Wildman–Crippen LogP) is 3.15. The number of nitrogens with zero attached hydrogens (tertiary/aromatic N) is 1. The van der Waals surface area contributed by atoms with Crippen molar-refractivity contribution in [2.45, 2.75) is 51.4 Å². The maximum absolute atomic E-state index is 11.7. The number of rotatable bonds is 10. The second-order valence-corrected chi connectivity index (χ2v) is 5.19. The van der Waals surface area contributed by atoms with Gasteiger partial charge in [-0.2, -0.15) is 0 Å². The first-order chi connectivity index (χ1) is 10.7. The Balaban J connectivity index is 2.02. The Bertz CT molecular complexity index is 460. The lowest BCUT2D eigenvalue weighted by molar-refractivity contribution is -0.122. The molecule has 0 bridgehead atoms. The van der Waals surface area contributed by atoms with Gasteiger partial charge in [0, 0.05) is 24.4 Å². The van der Waals surface area contributed by atoms with Gasteiger partial charge in [0.2, 0.25) is 5.91 Å². The Hall–Kier alpha value is -2.17. The molecule has 0 saturated carbocycles.